The highest BCUT2D eigenvalue weighted by atomic mass is 35.5. The third kappa shape index (κ3) is 2.73. The maximum atomic E-state index is 11.9. The number of rotatable bonds is 2. The summed E-state index contributed by atoms with van der Waals surface area (Å²) in [6.07, 6.45) is 0. The predicted octanol–water partition coefficient (Wildman–Crippen LogP) is 2.88. The van der Waals surface area contributed by atoms with Crippen molar-refractivity contribution in [1.82, 2.24) is 0 Å². The molecule has 0 saturated carbocycles. The van der Waals surface area contributed by atoms with Crippen molar-refractivity contribution in [1.29, 1.82) is 0 Å². The molecular formula is C13H11ClN2O2. The van der Waals surface area contributed by atoms with Crippen LogP contribution < -0.4 is 11.1 Å². The number of aromatic hydroxyl groups is 1. The predicted molar refractivity (Wildman–Crippen MR) is 71.9 cm³/mol. The van der Waals surface area contributed by atoms with Gasteiger partial charge in [-0.1, -0.05) is 17.7 Å². The number of carbonyl (C=O) groups excluding carboxylic acids is 1. The lowest BCUT2D eigenvalue weighted by Gasteiger charge is -2.08. The minimum Gasteiger partial charge on any atom is -0.508 e. The largest absolute Gasteiger partial charge is 0.508 e. The number of nitrogens with one attached hydrogen (secondary N) is 1. The van der Waals surface area contributed by atoms with Gasteiger partial charge < -0.3 is 16.2 Å². The molecule has 2 rings (SSSR count). The maximum Gasteiger partial charge on any atom is 0.255 e. The van der Waals surface area contributed by atoms with E-state index in [1.165, 1.54) is 12.1 Å². The van der Waals surface area contributed by atoms with E-state index in [4.69, 9.17) is 17.3 Å². The summed E-state index contributed by atoms with van der Waals surface area (Å²) in [4.78, 5) is 11.9. The summed E-state index contributed by atoms with van der Waals surface area (Å²) >= 11 is 5.94. The number of benzene rings is 2. The fourth-order valence-electron chi connectivity index (χ4n) is 1.48. The van der Waals surface area contributed by atoms with Crippen LogP contribution >= 0.6 is 11.6 Å². The Morgan fingerprint density at radius 2 is 2.00 bits per heavy atom. The van der Waals surface area contributed by atoms with Gasteiger partial charge in [-0.05, 0) is 36.4 Å². The van der Waals surface area contributed by atoms with E-state index in [-0.39, 0.29) is 11.7 Å². The molecule has 0 atom stereocenters. The fraction of sp³-hybridized carbons (Fsp3) is 0. The van der Waals surface area contributed by atoms with Crippen molar-refractivity contribution in [3.8, 4) is 5.75 Å². The van der Waals surface area contributed by atoms with Gasteiger partial charge in [0.1, 0.15) is 5.75 Å². The number of phenolic OH excluding ortho intramolecular Hbond substituents is 1. The molecule has 0 unspecified atom stereocenters. The molecule has 0 fully saturated rings. The summed E-state index contributed by atoms with van der Waals surface area (Å²) in [5.41, 5.74) is 6.90. The molecule has 0 heterocycles. The van der Waals surface area contributed by atoms with Gasteiger partial charge in [-0.15, -0.1) is 0 Å². The van der Waals surface area contributed by atoms with Crippen LogP contribution in [0.5, 0.6) is 5.75 Å². The van der Waals surface area contributed by atoms with Gasteiger partial charge >= 0.3 is 0 Å². The molecule has 0 aliphatic carbocycles. The minimum atomic E-state index is -0.363. The van der Waals surface area contributed by atoms with Crippen LogP contribution in [0.2, 0.25) is 5.02 Å². The molecule has 0 spiro atoms. The summed E-state index contributed by atoms with van der Waals surface area (Å²) in [6.45, 7) is 0. The van der Waals surface area contributed by atoms with Gasteiger partial charge in [0, 0.05) is 11.3 Å². The van der Waals surface area contributed by atoms with Crippen LogP contribution in [0.1, 0.15) is 10.4 Å². The third-order valence-electron chi connectivity index (χ3n) is 2.35. The molecule has 92 valence electrons. The van der Waals surface area contributed by atoms with E-state index in [0.717, 1.165) is 0 Å². The second-order valence-electron chi connectivity index (χ2n) is 3.74. The topological polar surface area (TPSA) is 75.3 Å². The molecule has 0 aliphatic rings. The third-order valence-corrected chi connectivity index (χ3v) is 2.68. The Bertz CT molecular complexity index is 599. The lowest BCUT2D eigenvalue weighted by molar-refractivity contribution is 0.102. The number of anilines is 2. The molecular weight excluding hydrogens is 252 g/mol. The summed E-state index contributed by atoms with van der Waals surface area (Å²) in [5.74, 6) is -0.334. The SMILES string of the molecule is Nc1ccc(Cl)c(NC(=O)c2cccc(O)c2)c1. The lowest BCUT2D eigenvalue weighted by atomic mass is 10.2. The van der Waals surface area contributed by atoms with Crippen molar-refractivity contribution >= 4 is 28.9 Å². The van der Waals surface area contributed by atoms with E-state index >= 15 is 0 Å². The molecule has 5 heteroatoms. The summed E-state index contributed by atoms with van der Waals surface area (Å²) in [6, 6.07) is 10.9. The monoisotopic (exact) mass is 262 g/mol. The maximum absolute atomic E-state index is 11.9. The van der Waals surface area contributed by atoms with Gasteiger partial charge in [-0.25, -0.2) is 0 Å². The van der Waals surface area contributed by atoms with Crippen LogP contribution in [0.3, 0.4) is 0 Å². The quantitative estimate of drug-likeness (QED) is 0.729. The average Bonchev–Trinajstić information content (AvgIpc) is 2.34. The van der Waals surface area contributed by atoms with E-state index in [1.807, 2.05) is 0 Å². The highest BCUT2D eigenvalue weighted by Crippen LogP contribution is 2.24. The Kier molecular flexibility index (Phi) is 3.39. The summed E-state index contributed by atoms with van der Waals surface area (Å²) < 4.78 is 0. The van der Waals surface area contributed by atoms with Crippen molar-refractivity contribution in [2.75, 3.05) is 11.1 Å². The number of carbonyl (C=O) groups is 1. The van der Waals surface area contributed by atoms with Crippen molar-refractivity contribution in [2.24, 2.45) is 0 Å². The first-order valence-electron chi connectivity index (χ1n) is 5.21. The molecule has 4 N–H and O–H groups in total. The normalized spacial score (nSPS) is 10.1. The van der Waals surface area contributed by atoms with Crippen LogP contribution in [-0.4, -0.2) is 11.0 Å². The first kappa shape index (κ1) is 12.3. The van der Waals surface area contributed by atoms with Crippen molar-refractivity contribution < 1.29 is 9.90 Å². The molecule has 2 aromatic carbocycles. The fourth-order valence-corrected chi connectivity index (χ4v) is 1.65. The van der Waals surface area contributed by atoms with E-state index in [1.54, 1.807) is 30.3 Å². The van der Waals surface area contributed by atoms with Crippen LogP contribution in [0.25, 0.3) is 0 Å². The second kappa shape index (κ2) is 4.98. The number of nitrogen functional groups attached to an aromatic ring is 1. The molecule has 0 bridgehead atoms. The zero-order valence-electron chi connectivity index (χ0n) is 9.35. The molecule has 0 aromatic heterocycles. The number of phenols is 1. The van der Waals surface area contributed by atoms with Gasteiger partial charge in [0.15, 0.2) is 0 Å². The van der Waals surface area contributed by atoms with Gasteiger partial charge in [0.05, 0.1) is 10.7 Å². The lowest BCUT2D eigenvalue weighted by Crippen LogP contribution is -2.12. The van der Waals surface area contributed by atoms with Crippen LogP contribution in [0.4, 0.5) is 11.4 Å². The highest BCUT2D eigenvalue weighted by molar-refractivity contribution is 6.34. The summed E-state index contributed by atoms with van der Waals surface area (Å²) in [5, 5.41) is 12.3. The Labute approximate surface area is 109 Å². The smallest absolute Gasteiger partial charge is 0.255 e. The standard InChI is InChI=1S/C13H11ClN2O2/c14-11-5-4-9(15)7-12(11)16-13(18)8-2-1-3-10(17)6-8/h1-7,17H,15H2,(H,16,18). The van der Waals surface area contributed by atoms with E-state index < -0.39 is 0 Å². The van der Waals surface area contributed by atoms with Crippen molar-refractivity contribution in [2.45, 2.75) is 0 Å². The van der Waals surface area contributed by atoms with E-state index in [2.05, 4.69) is 5.32 Å². The Morgan fingerprint density at radius 1 is 1.22 bits per heavy atom. The average molecular weight is 263 g/mol. The molecule has 18 heavy (non-hydrogen) atoms. The first-order chi connectivity index (χ1) is 8.56. The number of halogens is 1. The Hall–Kier alpha value is -2.20. The second-order valence-corrected chi connectivity index (χ2v) is 4.15. The Balaban J connectivity index is 2.24. The van der Waals surface area contributed by atoms with Crippen LogP contribution in [0.15, 0.2) is 42.5 Å². The van der Waals surface area contributed by atoms with Gasteiger partial charge in [-0.2, -0.15) is 0 Å². The minimum absolute atomic E-state index is 0.0290. The zero-order chi connectivity index (χ0) is 13.1. The highest BCUT2D eigenvalue weighted by Gasteiger charge is 2.09. The summed E-state index contributed by atoms with van der Waals surface area (Å²) in [7, 11) is 0. The molecule has 0 aliphatic heterocycles. The molecule has 2 aromatic rings. The number of hydrogen-bond acceptors (Lipinski definition) is 3. The number of hydrogen-bond donors (Lipinski definition) is 3. The molecule has 0 radical (unpaired) electrons. The van der Waals surface area contributed by atoms with E-state index in [9.17, 15) is 9.90 Å². The number of amides is 1. The van der Waals surface area contributed by atoms with Crippen molar-refractivity contribution in [3.05, 3.63) is 53.1 Å². The van der Waals surface area contributed by atoms with Gasteiger partial charge in [0.2, 0.25) is 0 Å². The van der Waals surface area contributed by atoms with Crippen LogP contribution in [-0.2, 0) is 0 Å². The van der Waals surface area contributed by atoms with Gasteiger partial charge in [0.25, 0.3) is 5.91 Å². The molecule has 0 saturated heterocycles. The van der Waals surface area contributed by atoms with Crippen LogP contribution in [0, 0.1) is 0 Å². The first-order valence-corrected chi connectivity index (χ1v) is 5.59. The number of nitrogens with two attached hydrogens (primary N) is 1. The zero-order valence-corrected chi connectivity index (χ0v) is 10.1. The van der Waals surface area contributed by atoms with E-state index in [0.29, 0.717) is 22.0 Å². The Morgan fingerprint density at radius 3 is 2.72 bits per heavy atom. The van der Waals surface area contributed by atoms with Gasteiger partial charge in [-0.3, -0.25) is 4.79 Å². The molecule has 4 nitrogen and oxygen atoms in total. The van der Waals surface area contributed by atoms with Crippen molar-refractivity contribution in [3.63, 3.8) is 0 Å². The molecule has 1 amide bonds.